The van der Waals surface area contributed by atoms with Gasteiger partial charge in [-0.3, -0.25) is 14.9 Å². The molecule has 0 fully saturated rings. The van der Waals surface area contributed by atoms with Crippen LogP contribution in [0.5, 0.6) is 5.75 Å². The molecule has 6 nitrogen and oxygen atoms in total. The molecule has 3 aromatic rings. The fourth-order valence-corrected chi connectivity index (χ4v) is 2.75. The summed E-state index contributed by atoms with van der Waals surface area (Å²) in [5.74, 6) is 0.162. The fraction of sp³-hybridized carbons (Fsp3) is 0.105. The summed E-state index contributed by atoms with van der Waals surface area (Å²) in [6.45, 7) is 0.253. The predicted molar refractivity (Wildman–Crippen MR) is 102 cm³/mol. The van der Waals surface area contributed by atoms with Crippen LogP contribution in [0.2, 0.25) is 0 Å². The highest BCUT2D eigenvalue weighted by atomic mass is 32.1. The molecule has 0 aliphatic rings. The largest absolute Gasteiger partial charge is 0.493 e. The number of para-hydroxylation sites is 2. The second-order valence-electron chi connectivity index (χ2n) is 5.30. The smallest absolute Gasteiger partial charge is 0.259 e. The Morgan fingerprint density at radius 1 is 1.00 bits per heavy atom. The summed E-state index contributed by atoms with van der Waals surface area (Å²) in [7, 11) is 0. The quantitative estimate of drug-likeness (QED) is 0.665. The van der Waals surface area contributed by atoms with Gasteiger partial charge in [0.05, 0.1) is 24.3 Å². The number of nitrogens with zero attached hydrogens (tertiary/aromatic N) is 1. The monoisotopic (exact) mass is 367 g/mol. The molecule has 2 amide bonds. The van der Waals surface area contributed by atoms with Crippen LogP contribution in [0.4, 0.5) is 10.8 Å². The van der Waals surface area contributed by atoms with Gasteiger partial charge in [-0.1, -0.05) is 30.3 Å². The van der Waals surface area contributed by atoms with Gasteiger partial charge in [0.15, 0.2) is 5.13 Å². The highest BCUT2D eigenvalue weighted by molar-refractivity contribution is 7.13. The van der Waals surface area contributed by atoms with Gasteiger partial charge in [0.25, 0.3) is 5.91 Å². The molecule has 132 valence electrons. The molecular formula is C19H17N3O3S. The van der Waals surface area contributed by atoms with Crippen molar-refractivity contribution in [2.75, 3.05) is 17.2 Å². The molecule has 0 saturated heterocycles. The molecule has 0 atom stereocenters. The van der Waals surface area contributed by atoms with Crippen molar-refractivity contribution in [1.82, 2.24) is 4.98 Å². The molecule has 0 radical (unpaired) electrons. The average Bonchev–Trinajstić information content (AvgIpc) is 3.16. The topological polar surface area (TPSA) is 80.3 Å². The first-order chi connectivity index (χ1) is 12.7. The van der Waals surface area contributed by atoms with E-state index in [-0.39, 0.29) is 24.8 Å². The average molecular weight is 367 g/mol. The number of thiazole rings is 1. The van der Waals surface area contributed by atoms with Gasteiger partial charge in [-0.05, 0) is 24.3 Å². The number of carbonyl (C=O) groups is 2. The molecule has 0 unspecified atom stereocenters. The van der Waals surface area contributed by atoms with Crippen molar-refractivity contribution in [3.05, 3.63) is 71.7 Å². The van der Waals surface area contributed by atoms with Gasteiger partial charge in [-0.2, -0.15) is 0 Å². The number of aromatic nitrogens is 1. The van der Waals surface area contributed by atoms with Crippen molar-refractivity contribution in [3.63, 3.8) is 0 Å². The Bertz CT molecular complexity index is 867. The van der Waals surface area contributed by atoms with Gasteiger partial charge in [-0.15, -0.1) is 11.3 Å². The second-order valence-corrected chi connectivity index (χ2v) is 6.19. The van der Waals surface area contributed by atoms with Gasteiger partial charge < -0.3 is 10.1 Å². The van der Waals surface area contributed by atoms with E-state index in [2.05, 4.69) is 15.6 Å². The number of hydrogen-bond donors (Lipinski definition) is 2. The van der Waals surface area contributed by atoms with Crippen LogP contribution >= 0.6 is 11.3 Å². The van der Waals surface area contributed by atoms with E-state index >= 15 is 0 Å². The Labute approximate surface area is 154 Å². The lowest BCUT2D eigenvalue weighted by atomic mass is 10.1. The number of ether oxygens (including phenoxy) is 1. The van der Waals surface area contributed by atoms with Crippen molar-refractivity contribution >= 4 is 34.0 Å². The van der Waals surface area contributed by atoms with Crippen LogP contribution in [0.3, 0.4) is 0 Å². The maximum Gasteiger partial charge on any atom is 0.259 e. The van der Waals surface area contributed by atoms with Crippen LogP contribution in [-0.4, -0.2) is 23.4 Å². The van der Waals surface area contributed by atoms with Crippen molar-refractivity contribution in [3.8, 4) is 5.75 Å². The van der Waals surface area contributed by atoms with Crippen molar-refractivity contribution < 1.29 is 14.3 Å². The summed E-state index contributed by atoms with van der Waals surface area (Å²) in [5, 5.41) is 7.75. The summed E-state index contributed by atoms with van der Waals surface area (Å²) in [6, 6.07) is 16.1. The molecule has 2 aromatic carbocycles. The van der Waals surface area contributed by atoms with E-state index in [1.807, 2.05) is 30.3 Å². The predicted octanol–water partition coefficient (Wildman–Crippen LogP) is 3.80. The molecule has 1 heterocycles. The first-order valence-electron chi connectivity index (χ1n) is 8.00. The zero-order chi connectivity index (χ0) is 18.2. The summed E-state index contributed by atoms with van der Waals surface area (Å²) in [4.78, 5) is 28.6. The Morgan fingerprint density at radius 3 is 2.54 bits per heavy atom. The number of benzene rings is 2. The molecular weight excluding hydrogens is 350 g/mol. The van der Waals surface area contributed by atoms with Crippen molar-refractivity contribution in [2.45, 2.75) is 6.42 Å². The summed E-state index contributed by atoms with van der Waals surface area (Å²) in [6.07, 6.45) is 1.79. The van der Waals surface area contributed by atoms with Crippen LogP contribution < -0.4 is 15.4 Å². The Hall–Kier alpha value is -3.19. The maximum absolute atomic E-state index is 12.4. The summed E-state index contributed by atoms with van der Waals surface area (Å²) in [5.41, 5.74) is 0.825. The van der Waals surface area contributed by atoms with Gasteiger partial charge in [0.2, 0.25) is 5.91 Å². The van der Waals surface area contributed by atoms with E-state index in [0.717, 1.165) is 0 Å². The van der Waals surface area contributed by atoms with E-state index in [4.69, 9.17) is 4.74 Å². The molecule has 26 heavy (non-hydrogen) atoms. The maximum atomic E-state index is 12.4. The third-order valence-electron chi connectivity index (χ3n) is 3.44. The standard InChI is InChI=1S/C19H17N3O3S/c23-17(10-12-25-14-6-2-1-3-7-14)21-16-9-5-4-8-15(16)18(24)22-19-20-11-13-26-19/h1-9,11,13H,10,12H2,(H,21,23)(H,20,22,24). The van der Waals surface area contributed by atoms with E-state index in [9.17, 15) is 9.59 Å². The van der Waals surface area contributed by atoms with Gasteiger partial charge in [-0.25, -0.2) is 4.98 Å². The molecule has 0 aliphatic carbocycles. The second kappa shape index (κ2) is 8.77. The van der Waals surface area contributed by atoms with Crippen LogP contribution in [0, 0.1) is 0 Å². The van der Waals surface area contributed by atoms with Crippen LogP contribution in [0.25, 0.3) is 0 Å². The molecule has 0 bridgehead atoms. The van der Waals surface area contributed by atoms with E-state index < -0.39 is 0 Å². The van der Waals surface area contributed by atoms with Gasteiger partial charge in [0.1, 0.15) is 5.75 Å². The van der Waals surface area contributed by atoms with Crippen LogP contribution in [0.1, 0.15) is 16.8 Å². The fourth-order valence-electron chi connectivity index (χ4n) is 2.23. The summed E-state index contributed by atoms with van der Waals surface area (Å²) < 4.78 is 5.52. The van der Waals surface area contributed by atoms with Crippen LogP contribution in [-0.2, 0) is 4.79 Å². The number of rotatable bonds is 7. The van der Waals surface area contributed by atoms with Gasteiger partial charge in [0, 0.05) is 11.6 Å². The van der Waals surface area contributed by atoms with Crippen LogP contribution in [0.15, 0.2) is 66.2 Å². The first kappa shape index (κ1) is 17.6. The third kappa shape index (κ3) is 4.90. The lowest BCUT2D eigenvalue weighted by Gasteiger charge is -2.11. The first-order valence-corrected chi connectivity index (χ1v) is 8.88. The highest BCUT2D eigenvalue weighted by Crippen LogP contribution is 2.19. The molecule has 1 aromatic heterocycles. The zero-order valence-corrected chi connectivity index (χ0v) is 14.7. The number of carbonyl (C=O) groups excluding carboxylic acids is 2. The molecule has 2 N–H and O–H groups in total. The Kier molecular flexibility index (Phi) is 5.95. The van der Waals surface area contributed by atoms with E-state index in [1.54, 1.807) is 35.8 Å². The van der Waals surface area contributed by atoms with Crippen molar-refractivity contribution in [1.29, 1.82) is 0 Å². The van der Waals surface area contributed by atoms with E-state index in [0.29, 0.717) is 22.1 Å². The molecule has 0 saturated carbocycles. The minimum atomic E-state index is -0.323. The molecule has 7 heteroatoms. The number of anilines is 2. The molecule has 0 spiro atoms. The highest BCUT2D eigenvalue weighted by Gasteiger charge is 2.14. The van der Waals surface area contributed by atoms with E-state index in [1.165, 1.54) is 11.3 Å². The third-order valence-corrected chi connectivity index (χ3v) is 4.13. The number of amides is 2. The Balaban J connectivity index is 1.57. The summed E-state index contributed by atoms with van der Waals surface area (Å²) >= 11 is 1.33. The Morgan fingerprint density at radius 2 is 1.77 bits per heavy atom. The minimum Gasteiger partial charge on any atom is -0.493 e. The van der Waals surface area contributed by atoms with Crippen molar-refractivity contribution in [2.24, 2.45) is 0 Å². The normalized spacial score (nSPS) is 10.2. The zero-order valence-electron chi connectivity index (χ0n) is 13.8. The lowest BCUT2D eigenvalue weighted by molar-refractivity contribution is -0.116. The SMILES string of the molecule is O=C(CCOc1ccccc1)Nc1ccccc1C(=O)Nc1nccs1. The number of hydrogen-bond acceptors (Lipinski definition) is 5. The lowest BCUT2D eigenvalue weighted by Crippen LogP contribution is -2.19. The molecule has 0 aliphatic heterocycles. The number of nitrogens with one attached hydrogen (secondary N) is 2. The molecule has 3 rings (SSSR count). The van der Waals surface area contributed by atoms with Gasteiger partial charge >= 0.3 is 0 Å². The minimum absolute atomic E-state index is 0.178.